The van der Waals surface area contributed by atoms with Crippen LogP contribution in [0.5, 0.6) is 0 Å². The van der Waals surface area contributed by atoms with Gasteiger partial charge in [-0.3, -0.25) is 0 Å². The molecule has 0 radical (unpaired) electrons. The van der Waals surface area contributed by atoms with Crippen molar-refractivity contribution in [2.24, 2.45) is 0 Å². The van der Waals surface area contributed by atoms with Crippen molar-refractivity contribution in [1.29, 1.82) is 0 Å². The first kappa shape index (κ1) is 24.1. The first-order chi connectivity index (χ1) is 13.9. The second kappa shape index (κ2) is 13.2. The van der Waals surface area contributed by atoms with Gasteiger partial charge in [-0.05, 0) is 49.2 Å². The molecule has 0 saturated heterocycles. The van der Waals surface area contributed by atoms with Crippen LogP contribution in [0, 0.1) is 0 Å². The molecule has 0 aromatic heterocycles. The molecule has 2 heteroatoms. The fourth-order valence-corrected chi connectivity index (χ4v) is 8.60. The van der Waals surface area contributed by atoms with Crippen LogP contribution in [0.3, 0.4) is 0 Å². The fraction of sp³-hybridized carbons (Fsp3) is 0.333. The lowest BCUT2D eigenvalue weighted by atomic mass is 10.1. The van der Waals surface area contributed by atoms with Gasteiger partial charge in [-0.2, -0.15) is 0 Å². The average molecular weight is 517 g/mol. The minimum Gasteiger partial charge on any atom is -0.107 e. The molecule has 0 spiro atoms. The Kier molecular flexibility index (Phi) is 11.0. The Hall–Kier alpha value is -1.18. The minimum atomic E-state index is -1.61. The van der Waals surface area contributed by atoms with Crippen molar-refractivity contribution in [1.82, 2.24) is 0 Å². The van der Waals surface area contributed by atoms with E-state index in [1.165, 1.54) is 67.0 Å². The van der Waals surface area contributed by atoms with Crippen molar-refractivity contribution >= 4 is 47.2 Å². The molecule has 0 aliphatic rings. The van der Waals surface area contributed by atoms with E-state index in [2.05, 4.69) is 97.9 Å². The Morgan fingerprint density at radius 1 is 0.483 bits per heavy atom. The van der Waals surface area contributed by atoms with Crippen LogP contribution in [0.1, 0.15) is 51.9 Å². The zero-order chi connectivity index (χ0) is 19.5. The van der Waals surface area contributed by atoms with Crippen LogP contribution in [-0.2, 0) is 0 Å². The summed E-state index contributed by atoms with van der Waals surface area (Å²) in [5, 5.41) is 4.54. The molecule has 3 rings (SSSR count). The smallest absolute Gasteiger partial charge is 0.107 e. The molecular weight excluding hydrogens is 482 g/mol. The van der Waals surface area contributed by atoms with E-state index in [0.717, 1.165) is 0 Å². The van der Waals surface area contributed by atoms with Crippen LogP contribution < -0.4 is 15.9 Å². The molecule has 0 N–H and O–H groups in total. The molecule has 0 amide bonds. The maximum Gasteiger partial charge on any atom is 0.112 e. The van der Waals surface area contributed by atoms with Crippen LogP contribution in [0.4, 0.5) is 0 Å². The van der Waals surface area contributed by atoms with Crippen molar-refractivity contribution in [3.8, 4) is 0 Å². The fourth-order valence-electron chi connectivity index (χ4n) is 4.19. The van der Waals surface area contributed by atoms with Crippen LogP contribution >= 0.6 is 31.2 Å². The SMILES string of the molecule is CCCCCCCCC[P+](c1ccccc1)(c1ccccc1)c1ccccc1.I. The van der Waals surface area contributed by atoms with Crippen LogP contribution in [0.15, 0.2) is 91.0 Å². The first-order valence-electron chi connectivity index (χ1n) is 10.9. The molecule has 3 aromatic carbocycles. The second-order valence-corrected chi connectivity index (χ2v) is 11.3. The van der Waals surface area contributed by atoms with Gasteiger partial charge < -0.3 is 0 Å². The Balaban J connectivity index is 0.00000300. The second-order valence-electron chi connectivity index (χ2n) is 7.66. The lowest BCUT2D eigenvalue weighted by Crippen LogP contribution is -2.33. The van der Waals surface area contributed by atoms with Crippen LogP contribution in [-0.4, -0.2) is 6.16 Å². The minimum absolute atomic E-state index is 0. The summed E-state index contributed by atoms with van der Waals surface area (Å²) < 4.78 is 0. The van der Waals surface area contributed by atoms with Gasteiger partial charge in [0.2, 0.25) is 0 Å². The van der Waals surface area contributed by atoms with Crippen molar-refractivity contribution in [3.63, 3.8) is 0 Å². The van der Waals surface area contributed by atoms with Crippen molar-refractivity contribution in [3.05, 3.63) is 91.0 Å². The van der Waals surface area contributed by atoms with Crippen LogP contribution in [0.25, 0.3) is 0 Å². The van der Waals surface area contributed by atoms with Gasteiger partial charge in [-0.25, -0.2) is 0 Å². The maximum absolute atomic E-state index is 2.36. The normalized spacial score (nSPS) is 11.1. The molecule has 3 aromatic rings. The monoisotopic (exact) mass is 517 g/mol. The largest absolute Gasteiger partial charge is 0.112 e. The van der Waals surface area contributed by atoms with E-state index in [1.807, 2.05) is 0 Å². The van der Waals surface area contributed by atoms with E-state index in [1.54, 1.807) is 0 Å². The van der Waals surface area contributed by atoms with Gasteiger partial charge in [0, 0.05) is 0 Å². The first-order valence-corrected chi connectivity index (χ1v) is 12.9. The molecule has 0 nitrogen and oxygen atoms in total. The highest BCUT2D eigenvalue weighted by Gasteiger charge is 2.44. The standard InChI is InChI=1S/C27H34P.HI/c1-2-3-4-5-6-7-17-24-28(25-18-11-8-12-19-25,26-20-13-9-14-21-26)27-22-15-10-16-23-27;/h8-16,18-23H,2-7,17,24H2,1H3;1H/q+1;. The number of benzene rings is 3. The van der Waals surface area contributed by atoms with E-state index in [4.69, 9.17) is 0 Å². The summed E-state index contributed by atoms with van der Waals surface area (Å²) in [7, 11) is -1.61. The summed E-state index contributed by atoms with van der Waals surface area (Å²) in [5.74, 6) is 0. The van der Waals surface area contributed by atoms with Crippen molar-refractivity contribution < 1.29 is 0 Å². The van der Waals surface area contributed by atoms with E-state index in [0.29, 0.717) is 0 Å². The number of unbranched alkanes of at least 4 members (excludes halogenated alkanes) is 6. The summed E-state index contributed by atoms with van der Waals surface area (Å²) in [6.45, 7) is 2.29. The lowest BCUT2D eigenvalue weighted by Gasteiger charge is -2.27. The summed E-state index contributed by atoms with van der Waals surface area (Å²) in [5.41, 5.74) is 0. The highest BCUT2D eigenvalue weighted by atomic mass is 127. The molecule has 0 atom stereocenters. The van der Waals surface area contributed by atoms with Crippen LogP contribution in [0.2, 0.25) is 0 Å². The van der Waals surface area contributed by atoms with Gasteiger partial charge in [0.1, 0.15) is 23.2 Å². The third-order valence-corrected chi connectivity index (χ3v) is 10.2. The molecule has 0 heterocycles. The zero-order valence-electron chi connectivity index (χ0n) is 17.7. The quantitative estimate of drug-likeness (QED) is 0.142. The predicted molar refractivity (Wildman–Crippen MR) is 143 cm³/mol. The van der Waals surface area contributed by atoms with Gasteiger partial charge in [-0.1, -0.05) is 93.6 Å². The highest BCUT2D eigenvalue weighted by molar-refractivity contribution is 14.0. The Bertz CT molecular complexity index is 690. The Morgan fingerprint density at radius 2 is 0.828 bits per heavy atom. The highest BCUT2D eigenvalue weighted by Crippen LogP contribution is 2.55. The van der Waals surface area contributed by atoms with Gasteiger partial charge in [-0.15, -0.1) is 24.0 Å². The van der Waals surface area contributed by atoms with Gasteiger partial charge in [0.25, 0.3) is 0 Å². The number of hydrogen-bond acceptors (Lipinski definition) is 0. The molecular formula is C27H35IP+. The molecule has 0 aliphatic carbocycles. The third kappa shape index (κ3) is 6.40. The molecule has 29 heavy (non-hydrogen) atoms. The number of hydrogen-bond donors (Lipinski definition) is 0. The predicted octanol–water partition coefficient (Wildman–Crippen LogP) is 7.35. The van der Waals surface area contributed by atoms with Gasteiger partial charge >= 0.3 is 0 Å². The zero-order valence-corrected chi connectivity index (χ0v) is 20.9. The Morgan fingerprint density at radius 3 is 1.21 bits per heavy atom. The summed E-state index contributed by atoms with van der Waals surface area (Å²) >= 11 is 0. The third-order valence-electron chi connectivity index (χ3n) is 5.69. The number of rotatable bonds is 11. The molecule has 0 saturated carbocycles. The molecule has 0 aliphatic heterocycles. The molecule has 0 unspecified atom stereocenters. The lowest BCUT2D eigenvalue weighted by molar-refractivity contribution is 0.603. The number of halogens is 1. The summed E-state index contributed by atoms with van der Waals surface area (Å²) in [6.07, 6.45) is 10.8. The van der Waals surface area contributed by atoms with E-state index in [-0.39, 0.29) is 24.0 Å². The molecule has 0 bridgehead atoms. The van der Waals surface area contributed by atoms with E-state index >= 15 is 0 Å². The van der Waals surface area contributed by atoms with E-state index in [9.17, 15) is 0 Å². The molecule has 0 fully saturated rings. The summed E-state index contributed by atoms with van der Waals surface area (Å²) in [6, 6.07) is 33.8. The van der Waals surface area contributed by atoms with Gasteiger partial charge in [0.15, 0.2) is 0 Å². The summed E-state index contributed by atoms with van der Waals surface area (Å²) in [4.78, 5) is 0. The molecule has 154 valence electrons. The Labute approximate surface area is 195 Å². The topological polar surface area (TPSA) is 0 Å². The van der Waals surface area contributed by atoms with E-state index < -0.39 is 7.26 Å². The van der Waals surface area contributed by atoms with Gasteiger partial charge in [0.05, 0.1) is 6.16 Å². The average Bonchev–Trinajstić information content (AvgIpc) is 2.78. The van der Waals surface area contributed by atoms with Crippen molar-refractivity contribution in [2.75, 3.05) is 6.16 Å². The maximum atomic E-state index is 2.36. The van der Waals surface area contributed by atoms with Crippen molar-refractivity contribution in [2.45, 2.75) is 51.9 Å².